The molecular formula is C38H36BrN3O5S. The largest absolute Gasteiger partial charge is 0.496 e. The summed E-state index contributed by atoms with van der Waals surface area (Å²) < 4.78 is 20.4. The molecule has 2 heterocycles. The summed E-state index contributed by atoms with van der Waals surface area (Å²) in [6.07, 6.45) is 1.83. The second-order valence-electron chi connectivity index (χ2n) is 11.1. The van der Waals surface area contributed by atoms with Gasteiger partial charge in [0.1, 0.15) is 17.5 Å². The molecule has 8 nitrogen and oxygen atoms in total. The first-order valence-corrected chi connectivity index (χ1v) is 17.4. The van der Waals surface area contributed by atoms with Gasteiger partial charge in [0, 0.05) is 40.3 Å². The molecule has 0 unspecified atom stereocenters. The molecule has 10 heteroatoms. The third kappa shape index (κ3) is 5.95. The van der Waals surface area contributed by atoms with Crippen molar-refractivity contribution in [1.29, 1.82) is 0 Å². The number of methoxy groups -OCH3 is 2. The smallest absolute Gasteiger partial charge is 0.338 e. The Morgan fingerprint density at radius 1 is 0.958 bits per heavy atom. The van der Waals surface area contributed by atoms with Crippen molar-refractivity contribution in [2.45, 2.75) is 26.8 Å². The zero-order valence-corrected chi connectivity index (χ0v) is 29.9. The summed E-state index contributed by atoms with van der Waals surface area (Å²) in [6, 6.07) is 24.3. The van der Waals surface area contributed by atoms with E-state index in [2.05, 4.69) is 34.7 Å². The van der Waals surface area contributed by atoms with Gasteiger partial charge in [-0.25, -0.2) is 9.79 Å². The van der Waals surface area contributed by atoms with Crippen LogP contribution in [0.3, 0.4) is 0 Å². The molecule has 0 fully saturated rings. The second kappa shape index (κ2) is 14.2. The van der Waals surface area contributed by atoms with E-state index in [9.17, 15) is 9.59 Å². The third-order valence-corrected chi connectivity index (χ3v) is 10.1. The quantitative estimate of drug-likeness (QED) is 0.149. The lowest BCUT2D eigenvalue weighted by molar-refractivity contribution is -0.138. The van der Waals surface area contributed by atoms with Crippen LogP contribution in [-0.4, -0.2) is 44.5 Å². The van der Waals surface area contributed by atoms with Crippen LogP contribution in [0.4, 0.5) is 5.69 Å². The van der Waals surface area contributed by atoms with Crippen LogP contribution in [0.5, 0.6) is 11.5 Å². The predicted octanol–water partition coefficient (Wildman–Crippen LogP) is 6.71. The van der Waals surface area contributed by atoms with Crippen LogP contribution in [-0.2, 0) is 9.53 Å². The summed E-state index contributed by atoms with van der Waals surface area (Å²) >= 11 is 5.01. The van der Waals surface area contributed by atoms with Crippen molar-refractivity contribution in [3.8, 4) is 11.5 Å². The molecule has 0 spiro atoms. The molecule has 5 aromatic rings. The minimum absolute atomic E-state index is 0.159. The molecule has 0 saturated carbocycles. The van der Waals surface area contributed by atoms with Gasteiger partial charge in [-0.1, -0.05) is 72.0 Å². The Labute approximate surface area is 291 Å². The minimum atomic E-state index is -0.891. The number of rotatable bonds is 10. The van der Waals surface area contributed by atoms with Gasteiger partial charge >= 0.3 is 5.97 Å². The van der Waals surface area contributed by atoms with Gasteiger partial charge in [-0.05, 0) is 65.7 Å². The summed E-state index contributed by atoms with van der Waals surface area (Å²) in [5.74, 6) is 0.629. The van der Waals surface area contributed by atoms with Crippen molar-refractivity contribution < 1.29 is 19.0 Å². The van der Waals surface area contributed by atoms with Crippen molar-refractivity contribution in [2.75, 3.05) is 38.8 Å². The number of benzene rings is 4. The topological polar surface area (TPSA) is 82.4 Å². The van der Waals surface area contributed by atoms with Gasteiger partial charge < -0.3 is 19.1 Å². The highest BCUT2D eigenvalue weighted by molar-refractivity contribution is 9.10. The highest BCUT2D eigenvalue weighted by Crippen LogP contribution is 2.42. The number of hydrogen-bond donors (Lipinski definition) is 0. The highest BCUT2D eigenvalue weighted by atomic mass is 79.9. The van der Waals surface area contributed by atoms with E-state index < -0.39 is 12.0 Å². The van der Waals surface area contributed by atoms with Crippen LogP contribution in [0, 0.1) is 0 Å². The Hall–Kier alpha value is -4.67. The van der Waals surface area contributed by atoms with E-state index in [1.165, 1.54) is 11.3 Å². The van der Waals surface area contributed by atoms with Gasteiger partial charge in [0.15, 0.2) is 4.80 Å². The summed E-state index contributed by atoms with van der Waals surface area (Å²) in [5.41, 5.74) is 3.58. The number of carbonyl (C=O) groups excluding carboxylic acids is 1. The number of ether oxygens (including phenoxy) is 3. The first kappa shape index (κ1) is 33.2. The average molecular weight is 727 g/mol. The van der Waals surface area contributed by atoms with Gasteiger partial charge in [0.25, 0.3) is 5.56 Å². The van der Waals surface area contributed by atoms with Crippen LogP contribution in [0.15, 0.2) is 98.7 Å². The number of esters is 1. The Balaban J connectivity index is 1.70. The molecular weight excluding hydrogens is 690 g/mol. The lowest BCUT2D eigenvalue weighted by Gasteiger charge is -2.28. The van der Waals surface area contributed by atoms with E-state index in [0.717, 1.165) is 45.1 Å². The number of carbonyl (C=O) groups is 1. The van der Waals surface area contributed by atoms with Gasteiger partial charge in [-0.3, -0.25) is 9.36 Å². The second-order valence-corrected chi connectivity index (χ2v) is 12.9. The van der Waals surface area contributed by atoms with Gasteiger partial charge in [-0.2, -0.15) is 0 Å². The summed E-state index contributed by atoms with van der Waals surface area (Å²) in [4.78, 5) is 36.4. The van der Waals surface area contributed by atoms with Gasteiger partial charge in [0.05, 0.1) is 42.3 Å². The molecule has 1 aliphatic rings. The van der Waals surface area contributed by atoms with Gasteiger partial charge in [-0.15, -0.1) is 0 Å². The van der Waals surface area contributed by atoms with Gasteiger partial charge in [0.2, 0.25) is 0 Å². The van der Waals surface area contributed by atoms with Crippen molar-refractivity contribution in [3.63, 3.8) is 0 Å². The van der Waals surface area contributed by atoms with Crippen LogP contribution in [0.25, 0.3) is 22.5 Å². The van der Waals surface area contributed by atoms with E-state index >= 15 is 0 Å². The molecule has 0 radical (unpaired) electrons. The monoisotopic (exact) mass is 725 g/mol. The number of aromatic nitrogens is 1. The highest BCUT2D eigenvalue weighted by Gasteiger charge is 2.37. The lowest BCUT2D eigenvalue weighted by atomic mass is 9.89. The number of fused-ring (bicyclic) bond motifs is 2. The van der Waals surface area contributed by atoms with Crippen LogP contribution < -0.4 is 29.3 Å². The van der Waals surface area contributed by atoms with E-state index in [1.54, 1.807) is 25.7 Å². The molecule has 0 aliphatic carbocycles. The summed E-state index contributed by atoms with van der Waals surface area (Å²) in [7, 11) is 3.22. The molecule has 246 valence electrons. The molecule has 1 aromatic heterocycles. The Morgan fingerprint density at radius 2 is 1.67 bits per heavy atom. The van der Waals surface area contributed by atoms with Crippen molar-refractivity contribution >= 4 is 61.5 Å². The molecule has 1 atom stereocenters. The summed E-state index contributed by atoms with van der Waals surface area (Å²) in [5, 5.41) is 1.80. The fraction of sp³-hybridized carbons (Fsp3) is 0.237. The Kier molecular flexibility index (Phi) is 9.84. The van der Waals surface area contributed by atoms with Crippen LogP contribution in [0.1, 0.15) is 43.5 Å². The standard InChI is InChI=1S/C38H36BrN3O5S/c1-6-41(7-2)28-22-30(46-5)25(20-27(28)39)21-31-36(43)42-35(32-26-17-13-12-14-23(26)18-19-29(32)45-4)33(37(44)47-8-3)34(40-38(42)48-31)24-15-10-9-11-16-24/h9-22,35H,6-8H2,1-5H3/b31-21-/t35-/m1/s1. The van der Waals surface area contributed by atoms with E-state index in [0.29, 0.717) is 32.1 Å². The zero-order chi connectivity index (χ0) is 33.9. The molecule has 0 amide bonds. The Bertz CT molecular complexity index is 2220. The van der Waals surface area contributed by atoms with Crippen molar-refractivity contribution in [2.24, 2.45) is 4.99 Å². The maximum atomic E-state index is 14.7. The molecule has 1 aliphatic heterocycles. The lowest BCUT2D eigenvalue weighted by Crippen LogP contribution is -2.40. The molecule has 0 saturated heterocycles. The molecule has 48 heavy (non-hydrogen) atoms. The van der Waals surface area contributed by atoms with E-state index in [4.69, 9.17) is 19.2 Å². The number of anilines is 1. The third-order valence-electron chi connectivity index (χ3n) is 8.49. The average Bonchev–Trinajstić information content (AvgIpc) is 3.42. The van der Waals surface area contributed by atoms with Crippen LogP contribution >= 0.6 is 27.3 Å². The van der Waals surface area contributed by atoms with Crippen molar-refractivity contribution in [1.82, 2.24) is 4.57 Å². The van der Waals surface area contributed by atoms with Crippen LogP contribution in [0.2, 0.25) is 0 Å². The maximum Gasteiger partial charge on any atom is 0.338 e. The predicted molar refractivity (Wildman–Crippen MR) is 196 cm³/mol. The Morgan fingerprint density at radius 3 is 2.35 bits per heavy atom. The fourth-order valence-electron chi connectivity index (χ4n) is 6.24. The molecule has 0 bridgehead atoms. The first-order valence-electron chi connectivity index (χ1n) is 15.8. The summed E-state index contributed by atoms with van der Waals surface area (Å²) in [6.45, 7) is 7.80. The SMILES string of the molecule is CCOC(=O)C1=C(c2ccccc2)N=c2s/c(=C\c3cc(Br)c(N(CC)CC)cc3OC)c(=O)n2[C@@H]1c1c(OC)ccc2ccccc12. The minimum Gasteiger partial charge on any atom is -0.496 e. The fourth-order valence-corrected chi connectivity index (χ4v) is 7.85. The number of halogens is 1. The molecule has 0 N–H and O–H groups in total. The number of hydrogen-bond acceptors (Lipinski definition) is 8. The first-order chi connectivity index (χ1) is 23.3. The number of thiazole rings is 1. The number of nitrogens with zero attached hydrogens (tertiary/aromatic N) is 3. The molecule has 6 rings (SSSR count). The molecule has 4 aromatic carbocycles. The maximum absolute atomic E-state index is 14.7. The normalized spacial score (nSPS) is 14.5. The van der Waals surface area contributed by atoms with E-state index in [1.807, 2.05) is 84.9 Å². The van der Waals surface area contributed by atoms with Crippen molar-refractivity contribution in [3.05, 3.63) is 125 Å². The zero-order valence-electron chi connectivity index (χ0n) is 27.5. The van der Waals surface area contributed by atoms with E-state index in [-0.39, 0.29) is 17.7 Å².